The molecule has 0 aliphatic carbocycles. The normalized spacial score (nSPS) is 26.4. The van der Waals surface area contributed by atoms with E-state index < -0.39 is 18.5 Å². The van der Waals surface area contributed by atoms with E-state index in [0.717, 1.165) is 0 Å². The molecule has 9 heteroatoms. The molecule has 0 amide bonds. The van der Waals surface area contributed by atoms with E-state index in [-0.39, 0.29) is 19.0 Å². The third-order valence-corrected chi connectivity index (χ3v) is 3.88. The number of alkyl halides is 1. The molecule has 0 unspecified atom stereocenters. The van der Waals surface area contributed by atoms with Crippen molar-refractivity contribution in [1.82, 2.24) is 19.5 Å². The lowest BCUT2D eigenvalue weighted by atomic mass is 10.2. The van der Waals surface area contributed by atoms with Crippen LogP contribution in [-0.4, -0.2) is 49.8 Å². The maximum absolute atomic E-state index is 14.0. The monoisotopic (exact) mass is 299 g/mol. The van der Waals surface area contributed by atoms with Gasteiger partial charge in [0.2, 0.25) is 5.95 Å². The fraction of sp³-hybridized carbons (Fsp3) is 0.545. The van der Waals surface area contributed by atoms with Crippen molar-refractivity contribution in [3.8, 4) is 0 Å². The molecule has 20 heavy (non-hydrogen) atoms. The van der Waals surface area contributed by atoms with E-state index in [2.05, 4.69) is 15.0 Å². The fourth-order valence-corrected chi connectivity index (χ4v) is 2.82. The Morgan fingerprint density at radius 2 is 2.40 bits per heavy atom. The molecule has 2 aromatic heterocycles. The zero-order valence-electron chi connectivity index (χ0n) is 10.7. The number of aliphatic hydroxyl groups excluding tert-OH is 1. The van der Waals surface area contributed by atoms with E-state index in [0.29, 0.717) is 16.2 Å². The highest BCUT2D eigenvalue weighted by molar-refractivity contribution is 7.98. The summed E-state index contributed by atoms with van der Waals surface area (Å²) in [6, 6.07) is 0. The first kappa shape index (κ1) is 13.5. The van der Waals surface area contributed by atoms with Crippen LogP contribution in [0.15, 0.2) is 11.4 Å². The molecule has 1 aliphatic heterocycles. The molecule has 0 aromatic carbocycles. The van der Waals surface area contributed by atoms with Crippen LogP contribution in [0.3, 0.4) is 0 Å². The van der Waals surface area contributed by atoms with Gasteiger partial charge in [-0.15, -0.1) is 11.8 Å². The molecule has 0 bridgehead atoms. The summed E-state index contributed by atoms with van der Waals surface area (Å²) in [5.74, 6) is 0.107. The lowest BCUT2D eigenvalue weighted by Gasteiger charge is -2.15. The van der Waals surface area contributed by atoms with Gasteiger partial charge in [-0.05, 0) is 6.26 Å². The van der Waals surface area contributed by atoms with E-state index in [1.54, 1.807) is 0 Å². The average molecular weight is 299 g/mol. The molecular weight excluding hydrogens is 285 g/mol. The number of nitrogens with zero attached hydrogens (tertiary/aromatic N) is 4. The molecule has 1 fully saturated rings. The Labute approximate surface area is 118 Å². The summed E-state index contributed by atoms with van der Waals surface area (Å²) in [4.78, 5) is 12.4. The smallest absolute Gasteiger partial charge is 0.223 e. The van der Waals surface area contributed by atoms with Crippen LogP contribution in [0.5, 0.6) is 0 Å². The first-order valence-corrected chi connectivity index (χ1v) is 7.31. The number of rotatable bonds is 3. The van der Waals surface area contributed by atoms with Crippen molar-refractivity contribution < 1.29 is 14.2 Å². The van der Waals surface area contributed by atoms with Crippen LogP contribution in [0.1, 0.15) is 12.6 Å². The SMILES string of the molecule is CSc1nc(N)nc2c1ncn2[C@@H]1O[C@H](CO)C[C@@H]1F. The second kappa shape index (κ2) is 5.15. The number of nitrogens with two attached hydrogens (primary N) is 1. The minimum absolute atomic E-state index is 0.107. The van der Waals surface area contributed by atoms with Crippen LogP contribution < -0.4 is 5.73 Å². The quantitative estimate of drug-likeness (QED) is 0.637. The van der Waals surface area contributed by atoms with Crippen LogP contribution in [-0.2, 0) is 4.74 Å². The minimum Gasteiger partial charge on any atom is -0.394 e. The van der Waals surface area contributed by atoms with Gasteiger partial charge in [-0.3, -0.25) is 4.57 Å². The third-order valence-electron chi connectivity index (χ3n) is 3.21. The fourth-order valence-electron chi connectivity index (χ4n) is 2.30. The molecule has 0 saturated carbocycles. The van der Waals surface area contributed by atoms with Crippen LogP contribution >= 0.6 is 11.8 Å². The lowest BCUT2D eigenvalue weighted by molar-refractivity contribution is -0.0351. The highest BCUT2D eigenvalue weighted by Crippen LogP contribution is 2.34. The first-order chi connectivity index (χ1) is 9.63. The Kier molecular flexibility index (Phi) is 3.48. The molecule has 3 heterocycles. The van der Waals surface area contributed by atoms with Crippen molar-refractivity contribution in [1.29, 1.82) is 0 Å². The van der Waals surface area contributed by atoms with Crippen LogP contribution in [0, 0.1) is 0 Å². The number of aromatic nitrogens is 4. The molecule has 3 rings (SSSR count). The molecule has 7 nitrogen and oxygen atoms in total. The van der Waals surface area contributed by atoms with Gasteiger partial charge in [0.1, 0.15) is 16.7 Å². The number of nitrogen functional groups attached to an aromatic ring is 1. The molecule has 1 aliphatic rings. The van der Waals surface area contributed by atoms with Crippen molar-refractivity contribution in [2.24, 2.45) is 0 Å². The summed E-state index contributed by atoms with van der Waals surface area (Å²) < 4.78 is 21.0. The number of aliphatic hydroxyl groups is 1. The summed E-state index contributed by atoms with van der Waals surface area (Å²) in [5.41, 5.74) is 6.67. The topological polar surface area (TPSA) is 99.1 Å². The van der Waals surface area contributed by atoms with Gasteiger partial charge in [0.25, 0.3) is 0 Å². The van der Waals surface area contributed by atoms with Gasteiger partial charge < -0.3 is 15.6 Å². The molecule has 108 valence electrons. The Morgan fingerprint density at radius 1 is 1.60 bits per heavy atom. The first-order valence-electron chi connectivity index (χ1n) is 6.08. The van der Waals surface area contributed by atoms with Gasteiger partial charge in [-0.2, -0.15) is 4.98 Å². The third kappa shape index (κ3) is 2.11. The standard InChI is InChI=1S/C11H14FN5O2S/c1-20-9-7-8(15-11(13)16-9)17(4-14-7)10-6(12)2-5(3-18)19-10/h4-6,10,18H,2-3H2,1H3,(H2,13,15,16)/t5-,6-,10+/m0/s1. The van der Waals surface area contributed by atoms with E-state index in [1.165, 1.54) is 22.7 Å². The Balaban J connectivity index is 2.07. The summed E-state index contributed by atoms with van der Waals surface area (Å²) in [5, 5.41) is 9.71. The van der Waals surface area contributed by atoms with Crippen molar-refractivity contribution in [2.75, 3.05) is 18.6 Å². The van der Waals surface area contributed by atoms with Crippen LogP contribution in [0.2, 0.25) is 0 Å². The van der Waals surface area contributed by atoms with Crippen LogP contribution in [0.25, 0.3) is 11.2 Å². The highest BCUT2D eigenvalue weighted by atomic mass is 32.2. The predicted octanol–water partition coefficient (Wildman–Crippen LogP) is 0.748. The van der Waals surface area contributed by atoms with Crippen molar-refractivity contribution in [3.05, 3.63) is 6.33 Å². The zero-order chi connectivity index (χ0) is 14.3. The van der Waals surface area contributed by atoms with E-state index in [1.807, 2.05) is 6.26 Å². The van der Waals surface area contributed by atoms with Gasteiger partial charge in [0.05, 0.1) is 19.0 Å². The van der Waals surface area contributed by atoms with Crippen molar-refractivity contribution >= 4 is 28.9 Å². The van der Waals surface area contributed by atoms with Crippen molar-refractivity contribution in [3.63, 3.8) is 0 Å². The number of hydrogen-bond donors (Lipinski definition) is 2. The molecule has 3 atom stereocenters. The lowest BCUT2D eigenvalue weighted by Crippen LogP contribution is -2.17. The highest BCUT2D eigenvalue weighted by Gasteiger charge is 2.37. The maximum Gasteiger partial charge on any atom is 0.223 e. The van der Waals surface area contributed by atoms with E-state index >= 15 is 0 Å². The summed E-state index contributed by atoms with van der Waals surface area (Å²) in [6.07, 6.45) is 0.893. The van der Waals surface area contributed by atoms with Gasteiger partial charge in [-0.25, -0.2) is 14.4 Å². The van der Waals surface area contributed by atoms with Gasteiger partial charge in [0, 0.05) is 6.42 Å². The summed E-state index contributed by atoms with van der Waals surface area (Å²) in [7, 11) is 0. The molecule has 1 saturated heterocycles. The molecule has 3 N–H and O–H groups in total. The zero-order valence-corrected chi connectivity index (χ0v) is 11.5. The second-order valence-electron chi connectivity index (χ2n) is 4.50. The largest absolute Gasteiger partial charge is 0.394 e. The van der Waals surface area contributed by atoms with Gasteiger partial charge in [0.15, 0.2) is 11.9 Å². The summed E-state index contributed by atoms with van der Waals surface area (Å²) >= 11 is 1.39. The summed E-state index contributed by atoms with van der Waals surface area (Å²) in [6.45, 7) is -0.212. The average Bonchev–Trinajstić information content (AvgIpc) is 3.00. The molecular formula is C11H14FN5O2S. The predicted molar refractivity (Wildman–Crippen MR) is 72.0 cm³/mol. The van der Waals surface area contributed by atoms with Gasteiger partial charge >= 0.3 is 0 Å². The number of fused-ring (bicyclic) bond motifs is 1. The van der Waals surface area contributed by atoms with Crippen LogP contribution in [0.4, 0.5) is 10.3 Å². The Bertz CT molecular complexity index is 637. The molecule has 2 aromatic rings. The van der Waals surface area contributed by atoms with E-state index in [9.17, 15) is 4.39 Å². The number of halogens is 1. The number of imidazole rings is 1. The second-order valence-corrected chi connectivity index (χ2v) is 5.29. The maximum atomic E-state index is 14.0. The van der Waals surface area contributed by atoms with E-state index in [4.69, 9.17) is 15.6 Å². The molecule has 0 spiro atoms. The number of anilines is 1. The number of thioether (sulfide) groups is 1. The number of hydrogen-bond acceptors (Lipinski definition) is 7. The Morgan fingerprint density at radius 3 is 3.05 bits per heavy atom. The van der Waals surface area contributed by atoms with Crippen molar-refractivity contribution in [2.45, 2.75) is 30.0 Å². The number of ether oxygens (including phenoxy) is 1. The molecule has 0 radical (unpaired) electrons. The minimum atomic E-state index is -1.22. The Hall–Kier alpha value is -1.45. The van der Waals surface area contributed by atoms with Gasteiger partial charge in [-0.1, -0.05) is 0 Å².